The molecule has 2 aromatic carbocycles. The number of aromatic amines is 1. The molecule has 1 aliphatic heterocycles. The van der Waals surface area contributed by atoms with Crippen molar-refractivity contribution in [1.82, 2.24) is 19.5 Å². The normalized spacial score (nSPS) is 13.8. The summed E-state index contributed by atoms with van der Waals surface area (Å²) in [5.74, 6) is 0.398. The predicted molar refractivity (Wildman–Crippen MR) is 105 cm³/mol. The van der Waals surface area contributed by atoms with E-state index in [9.17, 15) is 13.2 Å². The van der Waals surface area contributed by atoms with Gasteiger partial charge in [-0.15, -0.1) is 0 Å². The smallest absolute Gasteiger partial charge is 0.258 e. The largest absolute Gasteiger partial charge is 0.308 e. The summed E-state index contributed by atoms with van der Waals surface area (Å²) >= 11 is 0. The van der Waals surface area contributed by atoms with Crippen LogP contribution in [0.25, 0.3) is 11.4 Å². The van der Waals surface area contributed by atoms with Crippen LogP contribution in [0, 0.1) is 0 Å². The molecule has 144 valence electrons. The van der Waals surface area contributed by atoms with Gasteiger partial charge in [-0.2, -0.15) is 5.10 Å². The molecule has 9 heteroatoms. The van der Waals surface area contributed by atoms with E-state index in [1.165, 1.54) is 20.4 Å². The Bertz CT molecular complexity index is 1140. The summed E-state index contributed by atoms with van der Waals surface area (Å²) in [4.78, 5) is 19.1. The average Bonchev–Trinajstić information content (AvgIpc) is 3.37. The van der Waals surface area contributed by atoms with E-state index in [1.807, 2.05) is 6.07 Å². The maximum atomic E-state index is 13.1. The summed E-state index contributed by atoms with van der Waals surface area (Å²) in [5.41, 5.74) is 2.85. The van der Waals surface area contributed by atoms with E-state index in [0.29, 0.717) is 30.0 Å². The van der Waals surface area contributed by atoms with Crippen LogP contribution in [0.5, 0.6) is 0 Å². The van der Waals surface area contributed by atoms with Crippen LogP contribution < -0.4 is 4.90 Å². The molecular formula is C19H19N5O3S. The summed E-state index contributed by atoms with van der Waals surface area (Å²) < 4.78 is 26.1. The van der Waals surface area contributed by atoms with Gasteiger partial charge in [-0.3, -0.25) is 9.89 Å². The van der Waals surface area contributed by atoms with Crippen LogP contribution in [0.3, 0.4) is 0 Å². The van der Waals surface area contributed by atoms with E-state index in [-0.39, 0.29) is 10.8 Å². The van der Waals surface area contributed by atoms with Crippen molar-refractivity contribution >= 4 is 21.6 Å². The Balaban J connectivity index is 1.70. The fraction of sp³-hybridized carbons (Fsp3) is 0.211. The third kappa shape index (κ3) is 3.08. The SMILES string of the molecule is CN(C)S(=O)(=O)c1ccc2c(c1)N(C(=O)c1cccc(-c3ncn[nH]3)c1)CC2. The fourth-order valence-corrected chi connectivity index (χ4v) is 4.16. The van der Waals surface area contributed by atoms with E-state index in [1.54, 1.807) is 41.3 Å². The second-order valence-electron chi connectivity index (χ2n) is 6.70. The number of anilines is 1. The van der Waals surface area contributed by atoms with Gasteiger partial charge in [0.15, 0.2) is 5.82 Å². The van der Waals surface area contributed by atoms with Crippen molar-refractivity contribution in [3.05, 3.63) is 59.9 Å². The Kier molecular flexibility index (Phi) is 4.48. The second-order valence-corrected chi connectivity index (χ2v) is 8.85. The van der Waals surface area contributed by atoms with Gasteiger partial charge in [0.1, 0.15) is 6.33 Å². The Morgan fingerprint density at radius 3 is 2.71 bits per heavy atom. The molecule has 0 unspecified atom stereocenters. The first-order chi connectivity index (χ1) is 13.4. The summed E-state index contributed by atoms with van der Waals surface area (Å²) in [6.07, 6.45) is 2.10. The number of carbonyl (C=O) groups excluding carboxylic acids is 1. The third-order valence-electron chi connectivity index (χ3n) is 4.77. The summed E-state index contributed by atoms with van der Waals surface area (Å²) in [6, 6.07) is 12.1. The van der Waals surface area contributed by atoms with Gasteiger partial charge in [-0.1, -0.05) is 18.2 Å². The molecule has 1 aromatic heterocycles. The number of fused-ring (bicyclic) bond motifs is 1. The maximum Gasteiger partial charge on any atom is 0.258 e. The molecule has 1 N–H and O–H groups in total. The molecule has 3 aromatic rings. The van der Waals surface area contributed by atoms with Crippen LogP contribution in [0.4, 0.5) is 5.69 Å². The molecule has 0 aliphatic carbocycles. The van der Waals surface area contributed by atoms with Crippen molar-refractivity contribution in [3.63, 3.8) is 0 Å². The molecule has 1 aliphatic rings. The lowest BCUT2D eigenvalue weighted by Crippen LogP contribution is -2.29. The van der Waals surface area contributed by atoms with Gasteiger partial charge in [-0.05, 0) is 36.2 Å². The van der Waals surface area contributed by atoms with E-state index in [2.05, 4.69) is 15.2 Å². The van der Waals surface area contributed by atoms with Crippen LogP contribution in [0.1, 0.15) is 15.9 Å². The predicted octanol–water partition coefficient (Wildman–Crippen LogP) is 1.92. The van der Waals surface area contributed by atoms with Gasteiger partial charge in [0.05, 0.1) is 4.90 Å². The minimum Gasteiger partial charge on any atom is -0.308 e. The van der Waals surface area contributed by atoms with Crippen molar-refractivity contribution < 1.29 is 13.2 Å². The Morgan fingerprint density at radius 2 is 2.00 bits per heavy atom. The fourth-order valence-electron chi connectivity index (χ4n) is 3.24. The zero-order chi connectivity index (χ0) is 19.9. The van der Waals surface area contributed by atoms with Crippen molar-refractivity contribution in [2.24, 2.45) is 0 Å². The number of benzene rings is 2. The molecule has 28 heavy (non-hydrogen) atoms. The highest BCUT2D eigenvalue weighted by atomic mass is 32.2. The number of hydrogen-bond donors (Lipinski definition) is 1. The molecule has 2 heterocycles. The van der Waals surface area contributed by atoms with Crippen molar-refractivity contribution in [1.29, 1.82) is 0 Å². The quantitative estimate of drug-likeness (QED) is 0.725. The van der Waals surface area contributed by atoms with Crippen molar-refractivity contribution in [2.45, 2.75) is 11.3 Å². The molecular weight excluding hydrogens is 378 g/mol. The van der Waals surface area contributed by atoms with E-state index in [0.717, 1.165) is 15.4 Å². The molecule has 0 spiro atoms. The number of hydrogen-bond acceptors (Lipinski definition) is 5. The molecule has 0 fully saturated rings. The van der Waals surface area contributed by atoms with Gasteiger partial charge in [0.2, 0.25) is 10.0 Å². The maximum absolute atomic E-state index is 13.1. The number of amides is 1. The van der Waals surface area contributed by atoms with Gasteiger partial charge >= 0.3 is 0 Å². The first-order valence-corrected chi connectivity index (χ1v) is 10.1. The molecule has 0 saturated carbocycles. The monoisotopic (exact) mass is 397 g/mol. The lowest BCUT2D eigenvalue weighted by molar-refractivity contribution is 0.0989. The lowest BCUT2D eigenvalue weighted by atomic mass is 10.1. The number of nitrogens with zero attached hydrogens (tertiary/aromatic N) is 4. The zero-order valence-corrected chi connectivity index (χ0v) is 16.3. The van der Waals surface area contributed by atoms with Gasteiger partial charge in [-0.25, -0.2) is 17.7 Å². The Hall–Kier alpha value is -3.04. The summed E-state index contributed by atoms with van der Waals surface area (Å²) in [7, 11) is -0.599. The summed E-state index contributed by atoms with van der Waals surface area (Å²) in [6.45, 7) is 0.506. The molecule has 0 radical (unpaired) electrons. The molecule has 8 nitrogen and oxygen atoms in total. The number of rotatable bonds is 4. The topological polar surface area (TPSA) is 99.3 Å². The highest BCUT2D eigenvalue weighted by Gasteiger charge is 2.28. The molecule has 0 bridgehead atoms. The average molecular weight is 397 g/mol. The highest BCUT2D eigenvalue weighted by Crippen LogP contribution is 2.32. The first-order valence-electron chi connectivity index (χ1n) is 8.71. The van der Waals surface area contributed by atoms with E-state index in [4.69, 9.17) is 0 Å². The number of sulfonamides is 1. The summed E-state index contributed by atoms with van der Waals surface area (Å²) in [5, 5.41) is 6.62. The number of aromatic nitrogens is 3. The highest BCUT2D eigenvalue weighted by molar-refractivity contribution is 7.89. The second kappa shape index (κ2) is 6.84. The van der Waals surface area contributed by atoms with Gasteiger partial charge < -0.3 is 4.90 Å². The number of carbonyl (C=O) groups is 1. The number of nitrogens with one attached hydrogen (secondary N) is 1. The molecule has 4 rings (SSSR count). The molecule has 0 saturated heterocycles. The van der Waals surface area contributed by atoms with Crippen molar-refractivity contribution in [2.75, 3.05) is 25.5 Å². The molecule has 0 atom stereocenters. The van der Waals surface area contributed by atoms with Crippen LogP contribution >= 0.6 is 0 Å². The van der Waals surface area contributed by atoms with Gasteiger partial charge in [0.25, 0.3) is 5.91 Å². The zero-order valence-electron chi connectivity index (χ0n) is 15.5. The van der Waals surface area contributed by atoms with E-state index >= 15 is 0 Å². The Morgan fingerprint density at radius 1 is 1.18 bits per heavy atom. The van der Waals surface area contributed by atoms with Crippen LogP contribution in [-0.4, -0.2) is 54.5 Å². The Labute approximate surface area is 162 Å². The van der Waals surface area contributed by atoms with Crippen LogP contribution in [0.2, 0.25) is 0 Å². The molecule has 1 amide bonds. The van der Waals surface area contributed by atoms with Crippen LogP contribution in [0.15, 0.2) is 53.7 Å². The minimum atomic E-state index is -3.57. The lowest BCUT2D eigenvalue weighted by Gasteiger charge is -2.19. The van der Waals surface area contributed by atoms with Crippen LogP contribution in [-0.2, 0) is 16.4 Å². The van der Waals surface area contributed by atoms with E-state index < -0.39 is 10.0 Å². The minimum absolute atomic E-state index is 0.173. The van der Waals surface area contributed by atoms with Gasteiger partial charge in [0, 0.05) is 37.5 Å². The standard InChI is InChI=1S/C19H19N5O3S/c1-23(2)28(26,27)16-7-6-13-8-9-24(17(13)11-16)19(25)15-5-3-4-14(10-15)18-20-12-21-22-18/h3-7,10-12H,8-9H2,1-2H3,(H,20,21,22). The number of H-pyrrole nitrogens is 1. The van der Waals surface area contributed by atoms with Crippen molar-refractivity contribution in [3.8, 4) is 11.4 Å². The first kappa shape index (κ1) is 18.3. The third-order valence-corrected chi connectivity index (χ3v) is 6.59.